The van der Waals surface area contributed by atoms with Gasteiger partial charge in [-0.1, -0.05) is 5.16 Å². The number of hydrogen-bond donors (Lipinski definition) is 1. The fraction of sp³-hybridized carbons (Fsp3) is 0.625. The van der Waals surface area contributed by atoms with Crippen molar-refractivity contribution in [3.05, 3.63) is 17.5 Å². The molecule has 1 aliphatic rings. The average molecular weight is 185 g/mol. The lowest BCUT2D eigenvalue weighted by Gasteiger charge is -2.17. The van der Waals surface area contributed by atoms with Gasteiger partial charge in [0.15, 0.2) is 5.76 Å². The van der Waals surface area contributed by atoms with Gasteiger partial charge in [0.05, 0.1) is 19.8 Å². The Morgan fingerprint density at radius 2 is 2.23 bits per heavy atom. The third kappa shape index (κ3) is 1.46. The van der Waals surface area contributed by atoms with Crippen LogP contribution in [0.4, 0.5) is 0 Å². The molecular weight excluding hydrogens is 174 g/mol. The molecule has 0 unspecified atom stereocenters. The maximum absolute atomic E-state index is 8.77. The fourth-order valence-corrected chi connectivity index (χ4v) is 1.26. The highest BCUT2D eigenvalue weighted by Gasteiger charge is 2.37. The third-order valence-electron chi connectivity index (χ3n) is 2.01. The summed E-state index contributed by atoms with van der Waals surface area (Å²) in [5.41, 5.74) is 0.482. The molecule has 1 N–H and O–H groups in total. The van der Waals surface area contributed by atoms with Gasteiger partial charge in [0.1, 0.15) is 5.69 Å². The van der Waals surface area contributed by atoms with Gasteiger partial charge in [-0.3, -0.25) is 0 Å². The van der Waals surface area contributed by atoms with E-state index in [1.165, 1.54) is 0 Å². The van der Waals surface area contributed by atoms with Crippen LogP contribution in [0.15, 0.2) is 10.6 Å². The second-order valence-electron chi connectivity index (χ2n) is 2.98. The molecule has 1 saturated heterocycles. The summed E-state index contributed by atoms with van der Waals surface area (Å²) >= 11 is 0. The van der Waals surface area contributed by atoms with Crippen molar-refractivity contribution in [2.75, 3.05) is 13.2 Å². The second-order valence-corrected chi connectivity index (χ2v) is 2.98. The van der Waals surface area contributed by atoms with E-state index in [1.54, 1.807) is 13.0 Å². The average Bonchev–Trinajstić information content (AvgIpc) is 2.72. The minimum Gasteiger partial charge on any atom is -0.390 e. The van der Waals surface area contributed by atoms with E-state index in [4.69, 9.17) is 19.1 Å². The van der Waals surface area contributed by atoms with Crippen molar-refractivity contribution >= 4 is 0 Å². The second kappa shape index (κ2) is 3.10. The van der Waals surface area contributed by atoms with Crippen LogP contribution < -0.4 is 0 Å². The number of aliphatic hydroxyl groups is 1. The summed E-state index contributed by atoms with van der Waals surface area (Å²) in [6.07, 6.45) is 0. The molecule has 1 aromatic rings. The van der Waals surface area contributed by atoms with Crippen molar-refractivity contribution in [1.82, 2.24) is 5.16 Å². The zero-order valence-electron chi connectivity index (χ0n) is 7.32. The van der Waals surface area contributed by atoms with Crippen molar-refractivity contribution in [2.24, 2.45) is 0 Å². The highest BCUT2D eigenvalue weighted by Crippen LogP contribution is 2.30. The van der Waals surface area contributed by atoms with E-state index in [-0.39, 0.29) is 6.61 Å². The van der Waals surface area contributed by atoms with E-state index in [0.29, 0.717) is 24.7 Å². The van der Waals surface area contributed by atoms with Gasteiger partial charge >= 0.3 is 0 Å². The van der Waals surface area contributed by atoms with Crippen LogP contribution >= 0.6 is 0 Å². The number of aliphatic hydroxyl groups excluding tert-OH is 1. The molecule has 0 aromatic carbocycles. The Morgan fingerprint density at radius 1 is 1.54 bits per heavy atom. The van der Waals surface area contributed by atoms with Gasteiger partial charge in [0.2, 0.25) is 5.79 Å². The summed E-state index contributed by atoms with van der Waals surface area (Å²) in [6.45, 7) is 2.72. The predicted octanol–water partition coefficient (Wildman–Crippen LogP) is 0.386. The summed E-state index contributed by atoms with van der Waals surface area (Å²) in [6, 6.07) is 1.63. The lowest BCUT2D eigenvalue weighted by atomic mass is 10.2. The smallest absolute Gasteiger partial charge is 0.228 e. The quantitative estimate of drug-likeness (QED) is 0.721. The molecule has 0 amide bonds. The lowest BCUT2D eigenvalue weighted by Crippen LogP contribution is -2.21. The Hall–Kier alpha value is -0.910. The van der Waals surface area contributed by atoms with Crippen LogP contribution in [0, 0.1) is 0 Å². The molecule has 0 aliphatic carbocycles. The molecule has 0 spiro atoms. The molecule has 0 radical (unpaired) electrons. The number of nitrogens with zero attached hydrogens (tertiary/aromatic N) is 1. The van der Waals surface area contributed by atoms with Crippen molar-refractivity contribution in [3.63, 3.8) is 0 Å². The van der Waals surface area contributed by atoms with Gasteiger partial charge in [-0.25, -0.2) is 0 Å². The molecule has 1 aromatic heterocycles. The number of ether oxygens (including phenoxy) is 2. The van der Waals surface area contributed by atoms with Crippen molar-refractivity contribution in [1.29, 1.82) is 0 Å². The summed E-state index contributed by atoms with van der Waals surface area (Å²) in [5, 5.41) is 12.4. The standard InChI is InChI=1S/C8H11NO4/c1-8(11-2-3-12-8)7-4-6(5-10)9-13-7/h4,10H,2-3,5H2,1H3. The van der Waals surface area contributed by atoms with E-state index in [9.17, 15) is 0 Å². The Balaban J connectivity index is 2.23. The largest absolute Gasteiger partial charge is 0.390 e. The Kier molecular flexibility index (Phi) is 2.07. The lowest BCUT2D eigenvalue weighted by molar-refractivity contribution is -0.165. The first-order valence-electron chi connectivity index (χ1n) is 4.09. The van der Waals surface area contributed by atoms with Gasteiger partial charge in [0, 0.05) is 6.07 Å². The predicted molar refractivity (Wildman–Crippen MR) is 41.7 cm³/mol. The van der Waals surface area contributed by atoms with Crippen LogP contribution in [0.25, 0.3) is 0 Å². The molecule has 5 heteroatoms. The molecule has 13 heavy (non-hydrogen) atoms. The van der Waals surface area contributed by atoms with Crippen LogP contribution in [-0.4, -0.2) is 23.5 Å². The van der Waals surface area contributed by atoms with E-state index in [0.717, 1.165) is 0 Å². The summed E-state index contributed by atoms with van der Waals surface area (Å²) in [7, 11) is 0. The normalized spacial score (nSPS) is 20.8. The van der Waals surface area contributed by atoms with Crippen molar-refractivity contribution in [3.8, 4) is 0 Å². The fourth-order valence-electron chi connectivity index (χ4n) is 1.26. The van der Waals surface area contributed by atoms with Crippen LogP contribution in [-0.2, 0) is 21.9 Å². The topological polar surface area (TPSA) is 64.7 Å². The van der Waals surface area contributed by atoms with Crippen LogP contribution in [0.2, 0.25) is 0 Å². The van der Waals surface area contributed by atoms with Crippen molar-refractivity contribution in [2.45, 2.75) is 19.3 Å². The number of hydrogen-bond acceptors (Lipinski definition) is 5. The highest BCUT2D eigenvalue weighted by molar-refractivity contribution is 5.09. The molecule has 2 rings (SSSR count). The molecule has 1 fully saturated rings. The van der Waals surface area contributed by atoms with E-state index in [1.807, 2.05) is 0 Å². The Labute approximate surface area is 75.2 Å². The SMILES string of the molecule is CC1(c2cc(CO)no2)OCCO1. The molecule has 72 valence electrons. The van der Waals surface area contributed by atoms with E-state index >= 15 is 0 Å². The minimum absolute atomic E-state index is 0.139. The summed E-state index contributed by atoms with van der Waals surface area (Å²) < 4.78 is 15.7. The maximum Gasteiger partial charge on any atom is 0.228 e. The summed E-state index contributed by atoms with van der Waals surface area (Å²) in [5.74, 6) is -0.338. The minimum atomic E-state index is -0.833. The van der Waals surface area contributed by atoms with Crippen LogP contribution in [0.1, 0.15) is 18.4 Å². The van der Waals surface area contributed by atoms with Gasteiger partial charge in [0.25, 0.3) is 0 Å². The Morgan fingerprint density at radius 3 is 2.77 bits per heavy atom. The van der Waals surface area contributed by atoms with Gasteiger partial charge in [-0.2, -0.15) is 0 Å². The monoisotopic (exact) mass is 185 g/mol. The maximum atomic E-state index is 8.77. The first-order valence-corrected chi connectivity index (χ1v) is 4.09. The van der Waals surface area contributed by atoms with Crippen LogP contribution in [0.3, 0.4) is 0 Å². The van der Waals surface area contributed by atoms with E-state index < -0.39 is 5.79 Å². The highest BCUT2D eigenvalue weighted by atomic mass is 16.7. The van der Waals surface area contributed by atoms with Crippen LogP contribution in [0.5, 0.6) is 0 Å². The molecule has 5 nitrogen and oxygen atoms in total. The van der Waals surface area contributed by atoms with Crippen molar-refractivity contribution < 1.29 is 19.1 Å². The van der Waals surface area contributed by atoms with Gasteiger partial charge < -0.3 is 19.1 Å². The van der Waals surface area contributed by atoms with E-state index in [2.05, 4.69) is 5.16 Å². The Bertz CT molecular complexity index is 290. The number of aromatic nitrogens is 1. The zero-order valence-corrected chi connectivity index (χ0v) is 7.32. The zero-order chi connectivity index (χ0) is 9.31. The first-order chi connectivity index (χ1) is 6.24. The molecule has 0 saturated carbocycles. The molecule has 0 atom stereocenters. The molecular formula is C8H11NO4. The van der Waals surface area contributed by atoms with Gasteiger partial charge in [-0.15, -0.1) is 0 Å². The van der Waals surface area contributed by atoms with Gasteiger partial charge in [-0.05, 0) is 6.92 Å². The summed E-state index contributed by atoms with van der Waals surface area (Å²) in [4.78, 5) is 0. The number of rotatable bonds is 2. The molecule has 1 aliphatic heterocycles. The third-order valence-corrected chi connectivity index (χ3v) is 2.01. The molecule has 2 heterocycles. The molecule has 0 bridgehead atoms. The first kappa shape index (κ1) is 8.68.